The summed E-state index contributed by atoms with van der Waals surface area (Å²) < 4.78 is 5.35. The minimum atomic E-state index is 0.176. The summed E-state index contributed by atoms with van der Waals surface area (Å²) in [4.78, 5) is 0. The van der Waals surface area contributed by atoms with E-state index in [1.54, 1.807) is 7.11 Å². The van der Waals surface area contributed by atoms with E-state index in [-0.39, 0.29) is 12.1 Å². The summed E-state index contributed by atoms with van der Waals surface area (Å²) in [7, 11) is 1.74. The van der Waals surface area contributed by atoms with E-state index in [4.69, 9.17) is 10.5 Å². The van der Waals surface area contributed by atoms with Gasteiger partial charge >= 0.3 is 0 Å². The quantitative estimate of drug-likeness (QED) is 0.690. The zero-order chi connectivity index (χ0) is 9.72. The third-order valence-electron chi connectivity index (χ3n) is 2.09. The van der Waals surface area contributed by atoms with Crippen LogP contribution >= 0.6 is 0 Å². The fourth-order valence-electron chi connectivity index (χ4n) is 1.62. The first-order valence-electron chi connectivity index (χ1n) is 4.77. The van der Waals surface area contributed by atoms with E-state index >= 15 is 0 Å². The van der Waals surface area contributed by atoms with Gasteiger partial charge in [-0.15, -0.1) is 0 Å². The van der Waals surface area contributed by atoms with Crippen molar-refractivity contribution in [1.82, 2.24) is 0 Å². The lowest BCUT2D eigenvalue weighted by molar-refractivity contribution is 0.0387. The summed E-state index contributed by atoms with van der Waals surface area (Å²) >= 11 is 0. The van der Waals surface area contributed by atoms with E-state index in [0.717, 1.165) is 6.42 Å². The molecular weight excluding hydrogens is 150 g/mol. The van der Waals surface area contributed by atoms with Crippen LogP contribution in [0.5, 0.6) is 0 Å². The van der Waals surface area contributed by atoms with Crippen molar-refractivity contribution in [1.29, 1.82) is 0 Å². The molecule has 2 N–H and O–H groups in total. The zero-order valence-corrected chi connectivity index (χ0v) is 9.00. The van der Waals surface area contributed by atoms with Crippen LogP contribution in [0.2, 0.25) is 0 Å². The molecule has 74 valence electrons. The van der Waals surface area contributed by atoms with Crippen LogP contribution < -0.4 is 5.73 Å². The van der Waals surface area contributed by atoms with Crippen LogP contribution in [0.15, 0.2) is 0 Å². The monoisotopic (exact) mass is 173 g/mol. The molecule has 2 heteroatoms. The Morgan fingerprint density at radius 1 is 1.17 bits per heavy atom. The van der Waals surface area contributed by atoms with Crippen molar-refractivity contribution in [3.63, 3.8) is 0 Å². The van der Waals surface area contributed by atoms with E-state index in [9.17, 15) is 0 Å². The molecule has 0 amide bonds. The molecule has 0 fully saturated rings. The van der Waals surface area contributed by atoms with Gasteiger partial charge in [0.1, 0.15) is 0 Å². The molecule has 0 aliphatic rings. The van der Waals surface area contributed by atoms with Crippen LogP contribution in [0.25, 0.3) is 0 Å². The maximum absolute atomic E-state index is 6.01. The Hall–Kier alpha value is -0.0800. The summed E-state index contributed by atoms with van der Waals surface area (Å²) in [5, 5.41) is 0. The summed E-state index contributed by atoms with van der Waals surface area (Å²) in [6, 6.07) is 0.176. The second kappa shape index (κ2) is 5.55. The Morgan fingerprint density at radius 3 is 1.92 bits per heavy atom. The van der Waals surface area contributed by atoms with Gasteiger partial charge in [-0.2, -0.15) is 0 Å². The lowest BCUT2D eigenvalue weighted by Gasteiger charge is -2.27. The first-order valence-corrected chi connectivity index (χ1v) is 4.77. The molecule has 2 unspecified atom stereocenters. The molecule has 2 nitrogen and oxygen atoms in total. The van der Waals surface area contributed by atoms with Crippen molar-refractivity contribution in [3.8, 4) is 0 Å². The van der Waals surface area contributed by atoms with Gasteiger partial charge in [-0.05, 0) is 18.3 Å². The van der Waals surface area contributed by atoms with Gasteiger partial charge in [0.25, 0.3) is 0 Å². The molecule has 0 rings (SSSR count). The van der Waals surface area contributed by atoms with Gasteiger partial charge in [0.2, 0.25) is 0 Å². The van der Waals surface area contributed by atoms with Crippen molar-refractivity contribution >= 4 is 0 Å². The molecule has 0 aromatic rings. The highest BCUT2D eigenvalue weighted by Gasteiger charge is 2.21. The number of ether oxygens (including phenoxy) is 1. The van der Waals surface area contributed by atoms with Crippen molar-refractivity contribution < 1.29 is 4.74 Å². The third kappa shape index (κ3) is 4.07. The second-order valence-electron chi connectivity index (χ2n) is 4.24. The molecule has 0 heterocycles. The topological polar surface area (TPSA) is 35.2 Å². The second-order valence-corrected chi connectivity index (χ2v) is 4.24. The van der Waals surface area contributed by atoms with Crippen LogP contribution in [0.1, 0.15) is 34.1 Å². The van der Waals surface area contributed by atoms with Crippen molar-refractivity contribution in [3.05, 3.63) is 0 Å². The Labute approximate surface area is 76.5 Å². The molecular formula is C10H23NO. The summed E-state index contributed by atoms with van der Waals surface area (Å²) in [5.41, 5.74) is 6.01. The van der Waals surface area contributed by atoms with E-state index in [0.29, 0.717) is 11.8 Å². The number of methoxy groups -OCH3 is 1. The Bertz CT molecular complexity index is 112. The minimum absolute atomic E-state index is 0.176. The summed E-state index contributed by atoms with van der Waals surface area (Å²) in [5.74, 6) is 1.15. The lowest BCUT2D eigenvalue weighted by atomic mass is 9.93. The first kappa shape index (κ1) is 11.9. The van der Waals surface area contributed by atoms with E-state index in [1.807, 2.05) is 0 Å². The zero-order valence-electron chi connectivity index (χ0n) is 9.00. The predicted octanol–water partition coefficient (Wildman–Crippen LogP) is 2.03. The molecule has 0 aliphatic heterocycles. The van der Waals surface area contributed by atoms with Gasteiger partial charge in [-0.3, -0.25) is 0 Å². The summed E-state index contributed by atoms with van der Waals surface area (Å²) in [6.07, 6.45) is 1.24. The fourth-order valence-corrected chi connectivity index (χ4v) is 1.62. The first-order chi connectivity index (χ1) is 5.49. The molecule has 0 aromatic carbocycles. The van der Waals surface area contributed by atoms with Crippen molar-refractivity contribution in [2.24, 2.45) is 17.6 Å². The Morgan fingerprint density at radius 2 is 1.67 bits per heavy atom. The number of nitrogens with two attached hydrogens (primary N) is 1. The van der Waals surface area contributed by atoms with Gasteiger partial charge in [-0.25, -0.2) is 0 Å². The molecule has 0 aliphatic carbocycles. The average molecular weight is 173 g/mol. The molecule has 0 bridgehead atoms. The lowest BCUT2D eigenvalue weighted by Crippen LogP contribution is -2.40. The predicted molar refractivity (Wildman–Crippen MR) is 53.1 cm³/mol. The molecule has 0 aromatic heterocycles. The van der Waals surface area contributed by atoms with Gasteiger partial charge in [-0.1, -0.05) is 27.7 Å². The molecule has 2 atom stereocenters. The van der Waals surface area contributed by atoms with Gasteiger partial charge in [0.05, 0.1) is 6.10 Å². The maximum atomic E-state index is 6.01. The van der Waals surface area contributed by atoms with Gasteiger partial charge < -0.3 is 10.5 Å². The highest BCUT2D eigenvalue weighted by Crippen LogP contribution is 2.14. The van der Waals surface area contributed by atoms with Gasteiger partial charge in [0, 0.05) is 13.2 Å². The summed E-state index contributed by atoms with van der Waals surface area (Å²) in [6.45, 7) is 8.67. The van der Waals surface area contributed by atoms with E-state index < -0.39 is 0 Å². The largest absolute Gasteiger partial charge is 0.380 e. The normalized spacial score (nSPS) is 17.0. The van der Waals surface area contributed by atoms with Crippen LogP contribution in [-0.4, -0.2) is 19.3 Å². The van der Waals surface area contributed by atoms with Crippen LogP contribution in [-0.2, 0) is 4.74 Å². The minimum Gasteiger partial charge on any atom is -0.380 e. The van der Waals surface area contributed by atoms with Crippen LogP contribution in [0, 0.1) is 11.8 Å². The highest BCUT2D eigenvalue weighted by atomic mass is 16.5. The maximum Gasteiger partial charge on any atom is 0.0745 e. The van der Waals surface area contributed by atoms with Gasteiger partial charge in [0.15, 0.2) is 0 Å². The van der Waals surface area contributed by atoms with Crippen LogP contribution in [0.3, 0.4) is 0 Å². The number of hydrogen-bond donors (Lipinski definition) is 1. The Kier molecular flexibility index (Phi) is 5.51. The van der Waals surface area contributed by atoms with Crippen molar-refractivity contribution in [2.75, 3.05) is 7.11 Å². The third-order valence-corrected chi connectivity index (χ3v) is 2.09. The SMILES string of the molecule is COC(C(C)C)C(N)CC(C)C. The van der Waals surface area contributed by atoms with Crippen LogP contribution in [0.4, 0.5) is 0 Å². The fraction of sp³-hybridized carbons (Fsp3) is 1.00. The Balaban J connectivity index is 3.94. The standard InChI is InChI=1S/C10H23NO/c1-7(2)6-9(11)10(12-5)8(3)4/h7-10H,6,11H2,1-5H3. The smallest absolute Gasteiger partial charge is 0.0745 e. The molecule has 0 spiro atoms. The van der Waals surface area contributed by atoms with Crippen molar-refractivity contribution in [2.45, 2.75) is 46.3 Å². The molecule has 0 radical (unpaired) electrons. The number of hydrogen-bond acceptors (Lipinski definition) is 2. The average Bonchev–Trinajstić information content (AvgIpc) is 1.85. The van der Waals surface area contributed by atoms with E-state index in [2.05, 4.69) is 27.7 Å². The highest BCUT2D eigenvalue weighted by molar-refractivity contribution is 4.76. The molecule has 12 heavy (non-hydrogen) atoms. The van der Waals surface area contributed by atoms with E-state index in [1.165, 1.54) is 0 Å². The molecule has 0 saturated heterocycles. The number of rotatable bonds is 5. The molecule has 0 saturated carbocycles.